The van der Waals surface area contributed by atoms with Crippen molar-refractivity contribution in [2.75, 3.05) is 13.1 Å². The largest absolute Gasteiger partial charge is 0.506 e. The van der Waals surface area contributed by atoms with Crippen molar-refractivity contribution < 1.29 is 39.6 Å². The minimum atomic E-state index is -1.25. The maximum Gasteiger partial charge on any atom is 0.322 e. The number of phenolic OH excluding ortho intramolecular Hbond substituents is 2. The third-order valence-electron chi connectivity index (χ3n) is 16.3. The number of fused-ring (bicyclic) bond motifs is 5. The van der Waals surface area contributed by atoms with Crippen molar-refractivity contribution in [2.24, 2.45) is 58.2 Å². The zero-order chi connectivity index (χ0) is 44.4. The van der Waals surface area contributed by atoms with Gasteiger partial charge in [0.1, 0.15) is 24.6 Å². The Hall–Kier alpha value is -3.50. The van der Waals surface area contributed by atoms with E-state index >= 15 is 0 Å². The van der Waals surface area contributed by atoms with Crippen LogP contribution in [0.3, 0.4) is 0 Å². The minimum absolute atomic E-state index is 0.109. The molecule has 2 aromatic rings. The van der Waals surface area contributed by atoms with Crippen molar-refractivity contribution in [1.82, 2.24) is 10.6 Å². The molecule has 0 radical (unpaired) electrons. The number of phenols is 2. The monoisotopic (exact) mass is 882 g/mol. The van der Waals surface area contributed by atoms with Crippen LogP contribution >= 0.6 is 23.2 Å². The van der Waals surface area contributed by atoms with Crippen LogP contribution in [0.4, 0.5) is 0 Å². The summed E-state index contributed by atoms with van der Waals surface area (Å²) in [5.74, 6) is 0.537. The highest BCUT2D eigenvalue weighted by molar-refractivity contribution is 6.33. The maximum atomic E-state index is 13.1. The third-order valence-corrected chi connectivity index (χ3v) is 16.9. The SMILES string of the molecule is CC(C)CCCC(C)[C@H]1CC[C@H]2[C@@H]3CCC4C[C@@H](CCCC(c5cc(Cl)c(O)c(C(=O)NCC(=O)O)c5)c5cc(Cl)c(O)c(C(=O)NCC(=O)O)c5)CC[C@]4(C)[C@H]3CC[C@]12C. The summed E-state index contributed by atoms with van der Waals surface area (Å²) in [6.45, 7) is 11.2. The summed E-state index contributed by atoms with van der Waals surface area (Å²) in [4.78, 5) is 48.5. The van der Waals surface area contributed by atoms with Crippen molar-refractivity contribution >= 4 is 47.0 Å². The highest BCUT2D eigenvalue weighted by Crippen LogP contribution is 2.69. The fourth-order valence-electron chi connectivity index (χ4n) is 13.3. The summed E-state index contributed by atoms with van der Waals surface area (Å²) < 4.78 is 0. The maximum absolute atomic E-state index is 13.1. The molecule has 0 aliphatic heterocycles. The summed E-state index contributed by atoms with van der Waals surface area (Å²) in [5.41, 5.74) is 1.50. The van der Waals surface area contributed by atoms with E-state index in [4.69, 9.17) is 33.4 Å². The molecule has 4 saturated carbocycles. The zero-order valence-corrected chi connectivity index (χ0v) is 38.2. The highest BCUT2D eigenvalue weighted by atomic mass is 35.5. The Labute approximate surface area is 371 Å². The number of nitrogens with one attached hydrogen (secondary N) is 2. The number of carbonyl (C=O) groups is 4. The minimum Gasteiger partial charge on any atom is -0.506 e. The van der Waals surface area contributed by atoms with Gasteiger partial charge in [0.2, 0.25) is 0 Å². The predicted molar refractivity (Wildman–Crippen MR) is 238 cm³/mol. The van der Waals surface area contributed by atoms with Crippen LogP contribution in [0, 0.1) is 58.2 Å². The van der Waals surface area contributed by atoms with E-state index in [1.807, 2.05) is 0 Å². The number of hydrogen-bond donors (Lipinski definition) is 6. The second-order valence-corrected chi connectivity index (χ2v) is 21.1. The van der Waals surface area contributed by atoms with Gasteiger partial charge in [0.25, 0.3) is 11.8 Å². The van der Waals surface area contributed by atoms with E-state index < -0.39 is 54.3 Å². The van der Waals surface area contributed by atoms with Gasteiger partial charge in [-0.1, -0.05) is 89.9 Å². The summed E-state index contributed by atoms with van der Waals surface area (Å²) in [6, 6.07) is 6.02. The molecule has 4 aliphatic carbocycles. The summed E-state index contributed by atoms with van der Waals surface area (Å²) in [5, 5.41) is 44.2. The van der Waals surface area contributed by atoms with Crippen LogP contribution in [0.1, 0.15) is 169 Å². The number of carbonyl (C=O) groups excluding carboxylic acids is 2. The van der Waals surface area contributed by atoms with E-state index in [1.54, 1.807) is 12.1 Å². The smallest absolute Gasteiger partial charge is 0.322 e. The van der Waals surface area contributed by atoms with Gasteiger partial charge >= 0.3 is 11.9 Å². The van der Waals surface area contributed by atoms with Crippen molar-refractivity contribution in [3.63, 3.8) is 0 Å². The molecule has 10 nitrogen and oxygen atoms in total. The predicted octanol–water partition coefficient (Wildman–Crippen LogP) is 11.1. The molecule has 0 aromatic heterocycles. The standard InChI is InChI=1S/C49H68Cl2N2O8/c1-27(2)8-6-9-28(3)37-14-15-38-34-13-12-32-20-29(16-18-48(32,4)39(34)17-19-49(37,38)5)10-7-11-33(30-21-35(44(58)40(50)23-30)46(60)52-25-42(54)55)31-22-36(45(59)41(51)24-31)47(61)53-26-43(56)57/h21-24,27-29,32-34,37-39,58-59H,6-20,25-26H2,1-5H3,(H,52,60)(H,53,61)(H,54,55)(H,56,57)/t28?,29-,32?,34-,37+,38-,39-,48-,49+/m0/s1. The first-order valence-electron chi connectivity index (χ1n) is 22.9. The Morgan fingerprint density at radius 1 is 0.705 bits per heavy atom. The number of aliphatic carboxylic acids is 2. The molecule has 4 fully saturated rings. The lowest BCUT2D eigenvalue weighted by Crippen LogP contribution is -2.53. The van der Waals surface area contributed by atoms with Crippen molar-refractivity contribution in [2.45, 2.75) is 137 Å². The van der Waals surface area contributed by atoms with Gasteiger partial charge in [0.15, 0.2) is 0 Å². The number of carboxylic acid groups (broad SMARTS) is 2. The molecular weight excluding hydrogens is 815 g/mol. The number of benzene rings is 2. The lowest BCUT2D eigenvalue weighted by atomic mass is 9.44. The number of halogens is 2. The van der Waals surface area contributed by atoms with E-state index in [0.29, 0.717) is 40.2 Å². The Kier molecular flexibility index (Phi) is 15.0. The van der Waals surface area contributed by atoms with E-state index in [1.165, 1.54) is 89.2 Å². The fraction of sp³-hybridized carbons (Fsp3) is 0.673. The highest BCUT2D eigenvalue weighted by Gasteiger charge is 2.60. The Morgan fingerprint density at radius 2 is 1.26 bits per heavy atom. The molecule has 0 spiro atoms. The molecule has 336 valence electrons. The number of carboxylic acids is 2. The normalized spacial score (nSPS) is 28.7. The molecule has 4 aliphatic rings. The first-order chi connectivity index (χ1) is 28.8. The Bertz CT molecular complexity index is 1870. The average molecular weight is 884 g/mol. The molecule has 2 unspecified atom stereocenters. The lowest BCUT2D eigenvalue weighted by molar-refractivity contribution is -0.136. The van der Waals surface area contributed by atoms with Gasteiger partial charge in [-0.05, 0) is 158 Å². The molecule has 6 rings (SSSR count). The van der Waals surface area contributed by atoms with E-state index in [2.05, 4.69) is 45.3 Å². The molecule has 0 heterocycles. The van der Waals surface area contributed by atoms with E-state index in [0.717, 1.165) is 48.3 Å². The van der Waals surface area contributed by atoms with Gasteiger partial charge in [-0.15, -0.1) is 0 Å². The van der Waals surface area contributed by atoms with Gasteiger partial charge in [-0.25, -0.2) is 0 Å². The molecule has 2 amide bonds. The molecule has 61 heavy (non-hydrogen) atoms. The van der Waals surface area contributed by atoms with Gasteiger partial charge in [-0.3, -0.25) is 19.2 Å². The first-order valence-corrected chi connectivity index (χ1v) is 23.6. The van der Waals surface area contributed by atoms with Crippen LogP contribution in [-0.4, -0.2) is 57.3 Å². The Morgan fingerprint density at radius 3 is 1.82 bits per heavy atom. The summed E-state index contributed by atoms with van der Waals surface area (Å²) in [7, 11) is 0. The second kappa shape index (κ2) is 19.5. The summed E-state index contributed by atoms with van der Waals surface area (Å²) >= 11 is 13.0. The summed E-state index contributed by atoms with van der Waals surface area (Å²) in [6.07, 6.45) is 18.2. The number of hydrogen-bond acceptors (Lipinski definition) is 6. The van der Waals surface area contributed by atoms with Crippen molar-refractivity contribution in [3.8, 4) is 11.5 Å². The molecule has 0 bridgehead atoms. The van der Waals surface area contributed by atoms with Gasteiger partial charge < -0.3 is 31.1 Å². The van der Waals surface area contributed by atoms with Gasteiger partial charge in [0, 0.05) is 5.92 Å². The number of rotatable bonds is 17. The van der Waals surface area contributed by atoms with Crippen LogP contribution in [-0.2, 0) is 9.59 Å². The fourth-order valence-corrected chi connectivity index (χ4v) is 13.7. The molecule has 0 saturated heterocycles. The number of amides is 2. The van der Waals surface area contributed by atoms with Crippen LogP contribution in [0.25, 0.3) is 0 Å². The van der Waals surface area contributed by atoms with Crippen molar-refractivity contribution in [1.29, 1.82) is 0 Å². The van der Waals surface area contributed by atoms with Crippen LogP contribution < -0.4 is 10.6 Å². The zero-order valence-electron chi connectivity index (χ0n) is 36.7. The molecule has 12 heteroatoms. The quantitative estimate of drug-likeness (QED) is 0.0911. The average Bonchev–Trinajstić information content (AvgIpc) is 3.57. The third kappa shape index (κ3) is 10.2. The number of aromatic hydroxyl groups is 2. The second-order valence-electron chi connectivity index (χ2n) is 20.3. The molecule has 9 atom stereocenters. The van der Waals surface area contributed by atoms with Gasteiger partial charge in [-0.2, -0.15) is 0 Å². The Balaban J connectivity index is 1.17. The van der Waals surface area contributed by atoms with E-state index in [-0.39, 0.29) is 21.2 Å². The van der Waals surface area contributed by atoms with Crippen LogP contribution in [0.15, 0.2) is 24.3 Å². The first kappa shape index (κ1) is 47.0. The topological polar surface area (TPSA) is 173 Å². The van der Waals surface area contributed by atoms with E-state index in [9.17, 15) is 29.4 Å². The molecular formula is C49H68Cl2N2O8. The van der Waals surface area contributed by atoms with Crippen LogP contribution in [0.2, 0.25) is 10.0 Å². The molecule has 6 N–H and O–H groups in total. The van der Waals surface area contributed by atoms with Gasteiger partial charge in [0.05, 0.1) is 21.2 Å². The van der Waals surface area contributed by atoms with Crippen molar-refractivity contribution in [3.05, 3.63) is 56.6 Å². The lowest BCUT2D eigenvalue weighted by Gasteiger charge is -2.61. The van der Waals surface area contributed by atoms with Crippen LogP contribution in [0.5, 0.6) is 11.5 Å². The molecule has 2 aromatic carbocycles.